The lowest BCUT2D eigenvalue weighted by Crippen LogP contribution is -2.40. The van der Waals surface area contributed by atoms with Crippen molar-refractivity contribution >= 4 is 43.3 Å². The fourth-order valence-electron chi connectivity index (χ4n) is 2.85. The number of hydrogen-bond acceptors (Lipinski definition) is 4. The van der Waals surface area contributed by atoms with Crippen LogP contribution < -0.4 is 0 Å². The van der Waals surface area contributed by atoms with Gasteiger partial charge >= 0.3 is 5.97 Å². The van der Waals surface area contributed by atoms with Crippen LogP contribution in [0.1, 0.15) is 23.6 Å². The van der Waals surface area contributed by atoms with Gasteiger partial charge in [0.15, 0.2) is 0 Å². The van der Waals surface area contributed by atoms with Gasteiger partial charge in [0, 0.05) is 6.54 Å². The maximum atomic E-state index is 12.9. The van der Waals surface area contributed by atoms with E-state index in [1.54, 1.807) is 12.1 Å². The number of hydrogen-bond donors (Lipinski definition) is 1. The Morgan fingerprint density at radius 1 is 1.30 bits per heavy atom. The molecular formula is C15H14BrNO4S2. The number of nitrogens with zero attached hydrogens (tertiary/aromatic N) is 1. The number of benzene rings is 1. The van der Waals surface area contributed by atoms with Crippen LogP contribution in [-0.4, -0.2) is 30.3 Å². The van der Waals surface area contributed by atoms with Gasteiger partial charge in [-0.3, -0.25) is 4.79 Å². The summed E-state index contributed by atoms with van der Waals surface area (Å²) in [6.45, 7) is 0.285. The molecule has 0 spiro atoms. The van der Waals surface area contributed by atoms with Crippen molar-refractivity contribution in [1.82, 2.24) is 4.31 Å². The zero-order valence-electron chi connectivity index (χ0n) is 12.0. The van der Waals surface area contributed by atoms with E-state index in [9.17, 15) is 18.3 Å². The second-order valence-corrected chi connectivity index (χ2v) is 9.82. The maximum absolute atomic E-state index is 12.9. The van der Waals surface area contributed by atoms with E-state index in [1.165, 1.54) is 4.31 Å². The van der Waals surface area contributed by atoms with E-state index in [0.29, 0.717) is 6.42 Å². The predicted molar refractivity (Wildman–Crippen MR) is 91.1 cm³/mol. The molecule has 1 aliphatic rings. The molecule has 3 rings (SSSR count). The SMILES string of the molecule is O=C(O)CC1c2ccccc2CCN1S(=O)(=O)c1ccc(Br)s1. The number of thiophene rings is 1. The lowest BCUT2D eigenvalue weighted by molar-refractivity contribution is -0.138. The summed E-state index contributed by atoms with van der Waals surface area (Å²) in [5.74, 6) is -1.01. The number of carboxylic acids is 1. The van der Waals surface area contributed by atoms with Gasteiger partial charge in [-0.15, -0.1) is 11.3 Å². The van der Waals surface area contributed by atoms with Crippen LogP contribution in [0, 0.1) is 0 Å². The molecular weight excluding hydrogens is 402 g/mol. The van der Waals surface area contributed by atoms with Gasteiger partial charge in [0.1, 0.15) is 4.21 Å². The Morgan fingerprint density at radius 2 is 2.04 bits per heavy atom. The average molecular weight is 416 g/mol. The summed E-state index contributed by atoms with van der Waals surface area (Å²) < 4.78 is 28.1. The van der Waals surface area contributed by atoms with E-state index in [0.717, 1.165) is 26.3 Å². The number of aliphatic carboxylic acids is 1. The highest BCUT2D eigenvalue weighted by atomic mass is 79.9. The summed E-state index contributed by atoms with van der Waals surface area (Å²) in [7, 11) is -3.72. The van der Waals surface area contributed by atoms with Gasteiger partial charge in [0.05, 0.1) is 16.2 Å². The second-order valence-electron chi connectivity index (χ2n) is 5.24. The molecule has 1 aromatic carbocycles. The zero-order valence-corrected chi connectivity index (χ0v) is 15.2. The van der Waals surface area contributed by atoms with Gasteiger partial charge in [-0.25, -0.2) is 8.42 Å². The Morgan fingerprint density at radius 3 is 2.70 bits per heavy atom. The molecule has 1 atom stereocenters. The normalized spacial score (nSPS) is 18.6. The average Bonchev–Trinajstić information content (AvgIpc) is 2.94. The van der Waals surface area contributed by atoms with Crippen molar-refractivity contribution < 1.29 is 18.3 Å². The van der Waals surface area contributed by atoms with Crippen molar-refractivity contribution in [3.8, 4) is 0 Å². The topological polar surface area (TPSA) is 74.7 Å². The predicted octanol–water partition coefficient (Wildman–Crippen LogP) is 3.27. The first-order valence-electron chi connectivity index (χ1n) is 6.96. The highest BCUT2D eigenvalue weighted by Crippen LogP contribution is 2.38. The molecule has 5 nitrogen and oxygen atoms in total. The molecule has 0 saturated carbocycles. The van der Waals surface area contributed by atoms with Crippen molar-refractivity contribution in [3.63, 3.8) is 0 Å². The van der Waals surface area contributed by atoms with Crippen LogP contribution in [0.4, 0.5) is 0 Å². The summed E-state index contributed by atoms with van der Waals surface area (Å²) in [5, 5.41) is 9.22. The largest absolute Gasteiger partial charge is 0.481 e. The lowest BCUT2D eigenvalue weighted by atomic mass is 9.92. The number of carboxylic acid groups (broad SMARTS) is 1. The number of fused-ring (bicyclic) bond motifs is 1. The lowest BCUT2D eigenvalue weighted by Gasteiger charge is -2.35. The first-order valence-corrected chi connectivity index (χ1v) is 10.0. The van der Waals surface area contributed by atoms with Crippen LogP contribution in [-0.2, 0) is 21.2 Å². The Hall–Kier alpha value is -1.22. The van der Waals surface area contributed by atoms with Crippen molar-refractivity contribution in [2.75, 3.05) is 6.54 Å². The maximum Gasteiger partial charge on any atom is 0.305 e. The van der Waals surface area contributed by atoms with E-state index < -0.39 is 22.0 Å². The summed E-state index contributed by atoms with van der Waals surface area (Å²) >= 11 is 4.40. The van der Waals surface area contributed by atoms with Crippen LogP contribution in [0.2, 0.25) is 0 Å². The number of halogens is 1. The third-order valence-electron chi connectivity index (χ3n) is 3.84. The Balaban J connectivity index is 2.06. The van der Waals surface area contributed by atoms with E-state index in [-0.39, 0.29) is 17.2 Å². The molecule has 2 heterocycles. The van der Waals surface area contributed by atoms with Crippen molar-refractivity contribution in [3.05, 3.63) is 51.3 Å². The molecule has 2 aromatic rings. The van der Waals surface area contributed by atoms with Crippen LogP contribution >= 0.6 is 27.3 Å². The second kappa shape index (κ2) is 6.35. The van der Waals surface area contributed by atoms with Gasteiger partial charge in [0.25, 0.3) is 10.0 Å². The van der Waals surface area contributed by atoms with E-state index in [4.69, 9.17) is 0 Å². The fourth-order valence-corrected chi connectivity index (χ4v) is 6.59. The van der Waals surface area contributed by atoms with Crippen LogP contribution in [0.3, 0.4) is 0 Å². The number of rotatable bonds is 4. The zero-order chi connectivity index (χ0) is 16.6. The fraction of sp³-hybridized carbons (Fsp3) is 0.267. The van der Waals surface area contributed by atoms with Gasteiger partial charge in [-0.2, -0.15) is 4.31 Å². The van der Waals surface area contributed by atoms with Crippen molar-refractivity contribution in [1.29, 1.82) is 0 Å². The highest BCUT2D eigenvalue weighted by molar-refractivity contribution is 9.11. The van der Waals surface area contributed by atoms with E-state index in [2.05, 4.69) is 15.9 Å². The number of sulfonamides is 1. The summed E-state index contributed by atoms with van der Waals surface area (Å²) in [6.07, 6.45) is 0.334. The minimum atomic E-state index is -3.72. The number of carbonyl (C=O) groups is 1. The third kappa shape index (κ3) is 3.21. The molecule has 1 aliphatic heterocycles. The molecule has 1 aromatic heterocycles. The molecule has 1 N–H and O–H groups in total. The van der Waals surface area contributed by atoms with E-state index >= 15 is 0 Å². The minimum absolute atomic E-state index is 0.221. The van der Waals surface area contributed by atoms with Gasteiger partial charge in [-0.05, 0) is 45.6 Å². The van der Waals surface area contributed by atoms with Crippen LogP contribution in [0.15, 0.2) is 44.4 Å². The third-order valence-corrected chi connectivity index (χ3v) is 7.84. The molecule has 0 aliphatic carbocycles. The molecule has 8 heteroatoms. The summed E-state index contributed by atoms with van der Waals surface area (Å²) in [5.41, 5.74) is 1.79. The molecule has 0 bridgehead atoms. The smallest absolute Gasteiger partial charge is 0.305 e. The molecule has 0 fully saturated rings. The quantitative estimate of drug-likeness (QED) is 0.830. The molecule has 0 saturated heterocycles. The Bertz CT molecular complexity index is 847. The Kier molecular flexibility index (Phi) is 4.59. The van der Waals surface area contributed by atoms with Crippen molar-refractivity contribution in [2.24, 2.45) is 0 Å². The first kappa shape index (κ1) is 16.6. The molecule has 0 amide bonds. The molecule has 1 unspecified atom stereocenters. The molecule has 23 heavy (non-hydrogen) atoms. The Labute approximate surface area is 146 Å². The minimum Gasteiger partial charge on any atom is -0.481 e. The van der Waals surface area contributed by atoms with Crippen molar-refractivity contribution in [2.45, 2.75) is 23.1 Å². The summed E-state index contributed by atoms with van der Waals surface area (Å²) in [6, 6.07) is 9.99. The summed E-state index contributed by atoms with van der Waals surface area (Å²) in [4.78, 5) is 11.3. The highest BCUT2D eigenvalue weighted by Gasteiger charge is 2.38. The first-order chi connectivity index (χ1) is 10.9. The molecule has 0 radical (unpaired) electrons. The van der Waals surface area contributed by atoms with Crippen LogP contribution in [0.5, 0.6) is 0 Å². The van der Waals surface area contributed by atoms with Crippen LogP contribution in [0.25, 0.3) is 0 Å². The monoisotopic (exact) mass is 415 g/mol. The molecule has 122 valence electrons. The van der Waals surface area contributed by atoms with Gasteiger partial charge in [0.2, 0.25) is 0 Å². The van der Waals surface area contributed by atoms with Gasteiger partial charge in [-0.1, -0.05) is 24.3 Å². The van der Waals surface area contributed by atoms with Gasteiger partial charge < -0.3 is 5.11 Å². The standard InChI is InChI=1S/C15H14BrNO4S2/c16-13-5-6-15(22-13)23(20,21)17-8-7-10-3-1-2-4-11(10)12(17)9-14(18)19/h1-6,12H,7-9H2,(H,18,19). The van der Waals surface area contributed by atoms with E-state index in [1.807, 2.05) is 24.3 Å².